The van der Waals surface area contributed by atoms with Crippen molar-refractivity contribution < 1.29 is 9.18 Å². The second-order valence-corrected chi connectivity index (χ2v) is 5.72. The predicted octanol–water partition coefficient (Wildman–Crippen LogP) is 4.74. The van der Waals surface area contributed by atoms with Crippen LogP contribution >= 0.6 is 11.6 Å². The highest BCUT2D eigenvalue weighted by Gasteiger charge is 2.11. The fraction of sp³-hybridized carbons (Fsp3) is 0.0526. The Bertz CT molecular complexity index is 884. The lowest BCUT2D eigenvalue weighted by Crippen LogP contribution is -2.13. The molecule has 2 aromatic carbocycles. The Kier molecular flexibility index (Phi) is 5.26. The standard InChI is InChI=1S/C19H15ClFN3O/c20-16-7-3-1-5-13(16)11-22-18-10-9-14(12-23-18)24-19(25)15-6-2-4-8-17(15)21/h1-10,12H,11H2,(H,22,23)(H,24,25). The van der Waals surface area contributed by atoms with E-state index in [1.807, 2.05) is 24.3 Å². The van der Waals surface area contributed by atoms with E-state index in [2.05, 4.69) is 15.6 Å². The molecular weight excluding hydrogens is 341 g/mol. The fourth-order valence-electron chi connectivity index (χ4n) is 2.24. The van der Waals surface area contributed by atoms with Gasteiger partial charge in [-0.15, -0.1) is 0 Å². The van der Waals surface area contributed by atoms with Crippen molar-refractivity contribution >= 4 is 29.0 Å². The average Bonchev–Trinajstić information content (AvgIpc) is 2.62. The van der Waals surface area contributed by atoms with Crippen LogP contribution < -0.4 is 10.6 Å². The van der Waals surface area contributed by atoms with Gasteiger partial charge in [0, 0.05) is 11.6 Å². The predicted molar refractivity (Wildman–Crippen MR) is 97.4 cm³/mol. The molecule has 1 heterocycles. The SMILES string of the molecule is O=C(Nc1ccc(NCc2ccccc2Cl)nc1)c1ccccc1F. The van der Waals surface area contributed by atoms with E-state index in [9.17, 15) is 9.18 Å². The molecule has 25 heavy (non-hydrogen) atoms. The van der Waals surface area contributed by atoms with E-state index in [4.69, 9.17) is 11.6 Å². The lowest BCUT2D eigenvalue weighted by molar-refractivity contribution is 0.102. The minimum Gasteiger partial charge on any atom is -0.366 e. The van der Waals surface area contributed by atoms with E-state index >= 15 is 0 Å². The summed E-state index contributed by atoms with van der Waals surface area (Å²) >= 11 is 6.11. The van der Waals surface area contributed by atoms with E-state index in [-0.39, 0.29) is 5.56 Å². The minimum absolute atomic E-state index is 0.0107. The number of hydrogen-bond donors (Lipinski definition) is 2. The van der Waals surface area contributed by atoms with Crippen molar-refractivity contribution in [2.24, 2.45) is 0 Å². The van der Waals surface area contributed by atoms with Gasteiger partial charge in [-0.25, -0.2) is 9.37 Å². The Morgan fingerprint density at radius 3 is 2.52 bits per heavy atom. The molecule has 2 N–H and O–H groups in total. The van der Waals surface area contributed by atoms with Crippen LogP contribution in [-0.2, 0) is 6.54 Å². The summed E-state index contributed by atoms with van der Waals surface area (Å²) in [4.78, 5) is 16.3. The van der Waals surface area contributed by atoms with Crippen molar-refractivity contribution in [3.05, 3.63) is 88.8 Å². The van der Waals surface area contributed by atoms with Crippen LogP contribution in [0.5, 0.6) is 0 Å². The highest BCUT2D eigenvalue weighted by atomic mass is 35.5. The quantitative estimate of drug-likeness (QED) is 0.695. The van der Waals surface area contributed by atoms with Crippen LogP contribution in [0.4, 0.5) is 15.9 Å². The van der Waals surface area contributed by atoms with Crippen LogP contribution in [0.3, 0.4) is 0 Å². The maximum absolute atomic E-state index is 13.6. The molecule has 0 aliphatic heterocycles. The van der Waals surface area contributed by atoms with Gasteiger partial charge in [0.2, 0.25) is 0 Å². The number of anilines is 2. The van der Waals surface area contributed by atoms with Crippen LogP contribution in [-0.4, -0.2) is 10.9 Å². The Hall–Kier alpha value is -2.92. The number of aromatic nitrogens is 1. The molecule has 1 aromatic heterocycles. The van der Waals surface area contributed by atoms with Gasteiger partial charge in [-0.3, -0.25) is 4.79 Å². The maximum atomic E-state index is 13.6. The molecule has 0 saturated carbocycles. The summed E-state index contributed by atoms with van der Waals surface area (Å²) in [6, 6.07) is 16.8. The normalized spacial score (nSPS) is 10.3. The van der Waals surface area contributed by atoms with Crippen LogP contribution in [0, 0.1) is 5.82 Å². The van der Waals surface area contributed by atoms with Crippen molar-refractivity contribution in [2.75, 3.05) is 10.6 Å². The summed E-state index contributed by atoms with van der Waals surface area (Å²) in [7, 11) is 0. The number of carbonyl (C=O) groups is 1. The first-order valence-electron chi connectivity index (χ1n) is 7.63. The number of carbonyl (C=O) groups excluding carboxylic acids is 1. The van der Waals surface area contributed by atoms with Crippen molar-refractivity contribution in [2.45, 2.75) is 6.54 Å². The number of nitrogens with one attached hydrogen (secondary N) is 2. The summed E-state index contributed by atoms with van der Waals surface area (Å²) in [6.45, 7) is 0.535. The molecule has 126 valence electrons. The zero-order valence-electron chi connectivity index (χ0n) is 13.2. The van der Waals surface area contributed by atoms with Gasteiger partial charge in [-0.05, 0) is 35.9 Å². The molecule has 0 aliphatic carbocycles. The first kappa shape index (κ1) is 16.9. The first-order chi connectivity index (χ1) is 12.1. The van der Waals surface area contributed by atoms with Gasteiger partial charge in [-0.2, -0.15) is 0 Å². The van der Waals surface area contributed by atoms with Crippen LogP contribution in [0.25, 0.3) is 0 Å². The third-order valence-corrected chi connectivity index (χ3v) is 3.93. The number of nitrogens with zero attached hydrogens (tertiary/aromatic N) is 1. The van der Waals surface area contributed by atoms with Gasteiger partial charge in [0.05, 0.1) is 17.4 Å². The molecular formula is C19H15ClFN3O. The van der Waals surface area contributed by atoms with E-state index in [0.717, 1.165) is 5.56 Å². The Balaban J connectivity index is 1.62. The zero-order chi connectivity index (χ0) is 17.6. The van der Waals surface area contributed by atoms with Crippen LogP contribution in [0.2, 0.25) is 5.02 Å². The van der Waals surface area contributed by atoms with Gasteiger partial charge >= 0.3 is 0 Å². The van der Waals surface area contributed by atoms with Gasteiger partial charge in [-0.1, -0.05) is 41.9 Å². The number of halogens is 2. The van der Waals surface area contributed by atoms with Crippen LogP contribution in [0.15, 0.2) is 66.9 Å². The molecule has 6 heteroatoms. The molecule has 0 radical (unpaired) electrons. The second kappa shape index (κ2) is 7.77. The Morgan fingerprint density at radius 1 is 1.04 bits per heavy atom. The average molecular weight is 356 g/mol. The maximum Gasteiger partial charge on any atom is 0.258 e. The van der Waals surface area contributed by atoms with Gasteiger partial charge in [0.15, 0.2) is 0 Å². The summed E-state index contributed by atoms with van der Waals surface area (Å²) in [5, 5.41) is 6.46. The van der Waals surface area contributed by atoms with Crippen LogP contribution in [0.1, 0.15) is 15.9 Å². The minimum atomic E-state index is -0.564. The molecule has 0 fully saturated rings. The molecule has 3 aromatic rings. The van der Waals surface area contributed by atoms with Crippen molar-refractivity contribution in [3.8, 4) is 0 Å². The van der Waals surface area contributed by atoms with E-state index in [1.165, 1.54) is 24.4 Å². The Labute approximate surface area is 149 Å². The van der Waals surface area contributed by atoms with E-state index in [0.29, 0.717) is 23.1 Å². The monoisotopic (exact) mass is 355 g/mol. The number of pyridine rings is 1. The van der Waals surface area contributed by atoms with Gasteiger partial charge in [0.25, 0.3) is 5.91 Å². The molecule has 4 nitrogen and oxygen atoms in total. The summed E-state index contributed by atoms with van der Waals surface area (Å²) in [5.74, 6) is -0.438. The van der Waals surface area contributed by atoms with Crippen molar-refractivity contribution in [3.63, 3.8) is 0 Å². The molecule has 1 amide bonds. The first-order valence-corrected chi connectivity index (χ1v) is 8.00. The molecule has 0 unspecified atom stereocenters. The van der Waals surface area contributed by atoms with Crippen molar-refractivity contribution in [1.29, 1.82) is 0 Å². The molecule has 0 atom stereocenters. The highest BCUT2D eigenvalue weighted by Crippen LogP contribution is 2.17. The second-order valence-electron chi connectivity index (χ2n) is 5.31. The summed E-state index contributed by atoms with van der Waals surface area (Å²) in [5.41, 5.74) is 1.43. The molecule has 0 spiro atoms. The lowest BCUT2D eigenvalue weighted by Gasteiger charge is -2.09. The van der Waals surface area contributed by atoms with Crippen molar-refractivity contribution in [1.82, 2.24) is 4.98 Å². The topological polar surface area (TPSA) is 54.0 Å². The smallest absolute Gasteiger partial charge is 0.258 e. The summed E-state index contributed by atoms with van der Waals surface area (Å²) in [6.07, 6.45) is 1.51. The van der Waals surface area contributed by atoms with Gasteiger partial charge in [0.1, 0.15) is 11.6 Å². The molecule has 0 saturated heterocycles. The van der Waals surface area contributed by atoms with Gasteiger partial charge < -0.3 is 10.6 Å². The van der Waals surface area contributed by atoms with E-state index in [1.54, 1.807) is 18.2 Å². The third-order valence-electron chi connectivity index (χ3n) is 3.56. The zero-order valence-corrected chi connectivity index (χ0v) is 13.9. The lowest BCUT2D eigenvalue weighted by atomic mass is 10.2. The molecule has 0 bridgehead atoms. The molecule has 3 rings (SSSR count). The highest BCUT2D eigenvalue weighted by molar-refractivity contribution is 6.31. The van der Waals surface area contributed by atoms with E-state index < -0.39 is 11.7 Å². The Morgan fingerprint density at radius 2 is 1.80 bits per heavy atom. The third kappa shape index (κ3) is 4.33. The molecule has 0 aliphatic rings. The number of amides is 1. The number of hydrogen-bond acceptors (Lipinski definition) is 3. The number of benzene rings is 2. The summed E-state index contributed by atoms with van der Waals surface area (Å²) < 4.78 is 13.6. The largest absolute Gasteiger partial charge is 0.366 e. The fourth-order valence-corrected chi connectivity index (χ4v) is 2.45. The number of rotatable bonds is 5.